The topological polar surface area (TPSA) is 40.6 Å². The van der Waals surface area contributed by atoms with E-state index in [1.807, 2.05) is 0 Å². The minimum atomic E-state index is -3.41. The molecule has 2 fully saturated rings. The summed E-state index contributed by atoms with van der Waals surface area (Å²) in [7, 11) is -1.68. The molecule has 0 radical (unpaired) electrons. The first-order chi connectivity index (χ1) is 11.3. The third-order valence-electron chi connectivity index (χ3n) is 5.48. The van der Waals surface area contributed by atoms with Gasteiger partial charge in [0.2, 0.25) is 0 Å². The van der Waals surface area contributed by atoms with Gasteiger partial charge in [-0.1, -0.05) is 6.92 Å². The fourth-order valence-corrected chi connectivity index (χ4v) is 8.18. The summed E-state index contributed by atoms with van der Waals surface area (Å²) in [6.07, 6.45) is 5.56. The third-order valence-corrected chi connectivity index (χ3v) is 11.1. The van der Waals surface area contributed by atoms with Crippen molar-refractivity contribution < 1.29 is 8.42 Å². The number of nitrogens with zero attached hydrogens (tertiary/aromatic N) is 2. The van der Waals surface area contributed by atoms with Crippen LogP contribution in [0, 0.1) is 5.92 Å². The van der Waals surface area contributed by atoms with Crippen LogP contribution < -0.4 is 0 Å². The maximum Gasteiger partial charge on any atom is 0.252 e. The minimum absolute atomic E-state index is 0.110. The maximum absolute atomic E-state index is 12.9. The molecule has 0 N–H and O–H groups in total. The molecule has 0 spiro atoms. The van der Waals surface area contributed by atoms with Crippen molar-refractivity contribution in [3.63, 3.8) is 0 Å². The van der Waals surface area contributed by atoms with Crippen LogP contribution in [0.25, 0.3) is 0 Å². The van der Waals surface area contributed by atoms with Crippen molar-refractivity contribution in [3.05, 3.63) is 14.3 Å². The monoisotopic (exact) mass is 498 g/mol. The molecule has 136 valence electrons. The number of sulfonamides is 1. The fourth-order valence-electron chi connectivity index (χ4n) is 3.78. The van der Waals surface area contributed by atoms with Crippen LogP contribution in [0.1, 0.15) is 39.0 Å². The zero-order chi connectivity index (χ0) is 17.5. The van der Waals surface area contributed by atoms with E-state index in [0.717, 1.165) is 33.4 Å². The predicted molar refractivity (Wildman–Crippen MR) is 106 cm³/mol. The highest BCUT2D eigenvalue weighted by molar-refractivity contribution is 9.13. The molecule has 0 amide bonds. The van der Waals surface area contributed by atoms with Crippen molar-refractivity contribution in [2.45, 2.75) is 55.3 Å². The molecule has 1 aliphatic heterocycles. The van der Waals surface area contributed by atoms with E-state index in [1.54, 1.807) is 17.4 Å². The Morgan fingerprint density at radius 3 is 2.46 bits per heavy atom. The van der Waals surface area contributed by atoms with Crippen LogP contribution in [0.5, 0.6) is 0 Å². The van der Waals surface area contributed by atoms with Crippen molar-refractivity contribution in [2.75, 3.05) is 20.1 Å². The van der Waals surface area contributed by atoms with Gasteiger partial charge >= 0.3 is 0 Å². The van der Waals surface area contributed by atoms with E-state index >= 15 is 0 Å². The van der Waals surface area contributed by atoms with E-state index in [0.29, 0.717) is 10.3 Å². The predicted octanol–water partition coefficient (Wildman–Crippen LogP) is 4.55. The smallest absolute Gasteiger partial charge is 0.252 e. The summed E-state index contributed by atoms with van der Waals surface area (Å²) in [5, 5.41) is 0. The van der Waals surface area contributed by atoms with E-state index in [-0.39, 0.29) is 6.04 Å². The second-order valence-corrected chi connectivity index (χ2v) is 12.5. The summed E-state index contributed by atoms with van der Waals surface area (Å²) in [6.45, 7) is 4.66. The summed E-state index contributed by atoms with van der Waals surface area (Å²) in [4.78, 5) is 2.58. The Bertz CT molecular complexity index is 665. The zero-order valence-electron chi connectivity index (χ0n) is 14.0. The average molecular weight is 500 g/mol. The highest BCUT2D eigenvalue weighted by atomic mass is 79.9. The number of hydrogen-bond donors (Lipinski definition) is 0. The van der Waals surface area contributed by atoms with Crippen molar-refractivity contribution >= 4 is 53.2 Å². The molecule has 8 heteroatoms. The number of hydrogen-bond acceptors (Lipinski definition) is 4. The highest BCUT2D eigenvalue weighted by Gasteiger charge is 2.37. The lowest BCUT2D eigenvalue weighted by Gasteiger charge is -2.35. The fraction of sp³-hybridized carbons (Fsp3) is 0.750. The van der Waals surface area contributed by atoms with Crippen LogP contribution >= 0.6 is 43.2 Å². The standard InChI is InChI=1S/C16H24Br2N2O2S2/c1-11-5-7-20(8-6-11)13-4-3-12(9-13)19(2)24(21,22)15-10-14(17)16(18)23-15/h10-13H,3-9H2,1-2H3/t12-,13+/m0/s1. The molecule has 2 aliphatic rings. The van der Waals surface area contributed by atoms with Crippen molar-refractivity contribution in [3.8, 4) is 0 Å². The number of halogens is 2. The first-order valence-corrected chi connectivity index (χ1v) is 12.3. The number of rotatable bonds is 4. The Morgan fingerprint density at radius 2 is 1.88 bits per heavy atom. The normalized spacial score (nSPS) is 27.2. The zero-order valence-corrected chi connectivity index (χ0v) is 18.8. The quantitative estimate of drug-likeness (QED) is 0.610. The highest BCUT2D eigenvalue weighted by Crippen LogP contribution is 2.38. The molecule has 2 atom stereocenters. The molecule has 1 aliphatic carbocycles. The van der Waals surface area contributed by atoms with Crippen LogP contribution in [-0.4, -0.2) is 49.8 Å². The molecular weight excluding hydrogens is 476 g/mol. The van der Waals surface area contributed by atoms with E-state index in [9.17, 15) is 8.42 Å². The van der Waals surface area contributed by atoms with Gasteiger partial charge in [0.15, 0.2) is 0 Å². The Morgan fingerprint density at radius 1 is 1.21 bits per heavy atom. The molecule has 24 heavy (non-hydrogen) atoms. The molecule has 2 heterocycles. The van der Waals surface area contributed by atoms with Crippen LogP contribution in [0.15, 0.2) is 18.5 Å². The van der Waals surface area contributed by atoms with Crippen LogP contribution in [0.2, 0.25) is 0 Å². The van der Waals surface area contributed by atoms with Gasteiger partial charge in [0.25, 0.3) is 10.0 Å². The van der Waals surface area contributed by atoms with E-state index < -0.39 is 10.0 Å². The SMILES string of the molecule is CC1CCN([C@@H]2CC[C@H](N(C)S(=O)(=O)c3cc(Br)c(Br)s3)C2)CC1. The summed E-state index contributed by atoms with van der Waals surface area (Å²) >= 11 is 8.04. The first-order valence-electron chi connectivity index (χ1n) is 8.46. The number of piperidine rings is 1. The largest absolute Gasteiger partial charge is 0.300 e. The van der Waals surface area contributed by atoms with Gasteiger partial charge in [-0.25, -0.2) is 8.42 Å². The molecule has 0 unspecified atom stereocenters. The molecule has 1 aromatic heterocycles. The van der Waals surface area contributed by atoms with Gasteiger partial charge in [0.05, 0.1) is 3.79 Å². The van der Waals surface area contributed by atoms with Crippen LogP contribution in [-0.2, 0) is 10.0 Å². The Hall–Kier alpha value is 0.530. The van der Waals surface area contributed by atoms with Crippen LogP contribution in [0.3, 0.4) is 0 Å². The molecule has 1 saturated carbocycles. The molecule has 1 aromatic rings. The Balaban J connectivity index is 1.66. The molecule has 0 bridgehead atoms. The second-order valence-electron chi connectivity index (χ2n) is 7.05. The summed E-state index contributed by atoms with van der Waals surface area (Å²) in [5.41, 5.74) is 0. The Kier molecular flexibility index (Phi) is 6.15. The third kappa shape index (κ3) is 3.93. The molecule has 1 saturated heterocycles. The average Bonchev–Trinajstić information content (AvgIpc) is 3.15. The van der Waals surface area contributed by atoms with Gasteiger partial charge in [-0.15, -0.1) is 11.3 Å². The van der Waals surface area contributed by atoms with E-state index in [4.69, 9.17) is 0 Å². The molecule has 4 nitrogen and oxygen atoms in total. The van der Waals surface area contributed by atoms with Crippen molar-refractivity contribution in [1.29, 1.82) is 0 Å². The lowest BCUT2D eigenvalue weighted by molar-refractivity contribution is 0.136. The maximum atomic E-state index is 12.9. The number of likely N-dealkylation sites (tertiary alicyclic amines) is 1. The van der Waals surface area contributed by atoms with E-state index in [2.05, 4.69) is 43.7 Å². The Labute approximate surface area is 165 Å². The second kappa shape index (κ2) is 7.64. The summed E-state index contributed by atoms with van der Waals surface area (Å²) in [6, 6.07) is 2.35. The number of thiophene rings is 1. The lowest BCUT2D eigenvalue weighted by atomic mass is 9.97. The summed E-state index contributed by atoms with van der Waals surface area (Å²) < 4.78 is 29.4. The van der Waals surface area contributed by atoms with Gasteiger partial charge in [-0.05, 0) is 89.0 Å². The van der Waals surface area contributed by atoms with E-state index in [1.165, 1.54) is 37.3 Å². The van der Waals surface area contributed by atoms with Gasteiger partial charge < -0.3 is 4.90 Å². The van der Waals surface area contributed by atoms with Gasteiger partial charge in [-0.3, -0.25) is 0 Å². The molecule has 0 aromatic carbocycles. The van der Waals surface area contributed by atoms with Gasteiger partial charge in [0, 0.05) is 23.6 Å². The van der Waals surface area contributed by atoms with Crippen LogP contribution in [0.4, 0.5) is 0 Å². The lowest BCUT2D eigenvalue weighted by Crippen LogP contribution is -2.41. The molecular formula is C16H24Br2N2O2S2. The first kappa shape index (κ1) is 19.3. The van der Waals surface area contributed by atoms with Gasteiger partial charge in [-0.2, -0.15) is 4.31 Å². The van der Waals surface area contributed by atoms with Crippen molar-refractivity contribution in [2.24, 2.45) is 5.92 Å². The van der Waals surface area contributed by atoms with Gasteiger partial charge in [0.1, 0.15) is 4.21 Å². The summed E-state index contributed by atoms with van der Waals surface area (Å²) in [5.74, 6) is 0.831. The van der Waals surface area contributed by atoms with Crippen molar-refractivity contribution in [1.82, 2.24) is 9.21 Å². The molecule has 3 rings (SSSR count). The minimum Gasteiger partial charge on any atom is -0.300 e.